The molecule has 10 rings (SSSR count). The number of aromatic nitrogens is 5. The van der Waals surface area contributed by atoms with Crippen LogP contribution in [0.25, 0.3) is 77.8 Å². The molecule has 0 amide bonds. The number of benzene rings is 6. The van der Waals surface area contributed by atoms with Crippen molar-refractivity contribution in [3.8, 4) is 40.2 Å². The Morgan fingerprint density at radius 3 is 2.02 bits per heavy atom. The van der Waals surface area contributed by atoms with E-state index in [4.69, 9.17) is 15.0 Å². The van der Waals surface area contributed by atoms with Gasteiger partial charge in [-0.3, -0.25) is 0 Å². The number of rotatable bonds is 5. The normalized spacial score (nSPS) is 14.1. The van der Waals surface area contributed by atoms with Crippen LogP contribution >= 0.6 is 0 Å². The van der Waals surface area contributed by atoms with Crippen molar-refractivity contribution >= 4 is 43.6 Å². The van der Waals surface area contributed by atoms with Crippen LogP contribution in [0.5, 0.6) is 0 Å². The standard InChI is InChI=1S/C46H30N6/c47-29-33-25-24-32(46-49-44(30-14-4-1-5-15-30)48-45(50-46)31-16-6-2-7-17-31)28-41(33)52-38-22-12-10-20-35(38)36-26-27-40-42(43(36)52)37-21-11-13-23-39(37)51(40)34-18-8-3-9-19-34/h1-16,18-28,31H,17H2. The third kappa shape index (κ3) is 4.68. The quantitative estimate of drug-likeness (QED) is 0.183. The van der Waals surface area contributed by atoms with E-state index in [1.165, 1.54) is 0 Å². The first kappa shape index (κ1) is 29.8. The maximum atomic E-state index is 10.6. The van der Waals surface area contributed by atoms with Crippen molar-refractivity contribution in [2.75, 3.05) is 0 Å². The molecule has 244 valence electrons. The predicted octanol–water partition coefficient (Wildman–Crippen LogP) is 10.9. The van der Waals surface area contributed by atoms with Crippen LogP contribution in [0.1, 0.15) is 23.7 Å². The zero-order chi connectivity index (χ0) is 34.6. The topological polar surface area (TPSA) is 72.3 Å². The Morgan fingerprint density at radius 2 is 1.27 bits per heavy atom. The number of nitrogens with zero attached hydrogens (tertiary/aromatic N) is 6. The van der Waals surface area contributed by atoms with Crippen LogP contribution < -0.4 is 0 Å². The van der Waals surface area contributed by atoms with Crippen molar-refractivity contribution < 1.29 is 0 Å². The molecule has 0 radical (unpaired) electrons. The number of hydrogen-bond donors (Lipinski definition) is 0. The molecule has 6 aromatic carbocycles. The van der Waals surface area contributed by atoms with Crippen LogP contribution in [0.2, 0.25) is 0 Å². The Hall–Kier alpha value is -7.10. The number of hydrogen-bond acceptors (Lipinski definition) is 4. The van der Waals surface area contributed by atoms with E-state index in [1.54, 1.807) is 0 Å². The summed E-state index contributed by atoms with van der Waals surface area (Å²) in [5.41, 5.74) is 8.48. The van der Waals surface area contributed by atoms with Crippen LogP contribution in [-0.4, -0.2) is 24.1 Å². The molecule has 3 heterocycles. The summed E-state index contributed by atoms with van der Waals surface area (Å²) in [6.45, 7) is 0. The summed E-state index contributed by atoms with van der Waals surface area (Å²) in [6, 6.07) is 50.5. The summed E-state index contributed by atoms with van der Waals surface area (Å²) in [5, 5.41) is 15.2. The van der Waals surface area contributed by atoms with E-state index in [-0.39, 0.29) is 5.92 Å². The molecule has 0 saturated heterocycles. The Morgan fingerprint density at radius 1 is 0.577 bits per heavy atom. The van der Waals surface area contributed by atoms with Crippen LogP contribution in [0, 0.1) is 11.3 Å². The number of fused-ring (bicyclic) bond motifs is 7. The van der Waals surface area contributed by atoms with Gasteiger partial charge in [0, 0.05) is 44.3 Å². The molecule has 0 N–H and O–H groups in total. The largest absolute Gasteiger partial charge is 0.309 e. The smallest absolute Gasteiger partial charge is 0.163 e. The molecule has 6 nitrogen and oxygen atoms in total. The van der Waals surface area contributed by atoms with Gasteiger partial charge in [0.1, 0.15) is 11.9 Å². The first-order valence-electron chi connectivity index (χ1n) is 17.5. The van der Waals surface area contributed by atoms with Crippen LogP contribution in [0.3, 0.4) is 0 Å². The van der Waals surface area contributed by atoms with Crippen molar-refractivity contribution in [3.63, 3.8) is 0 Å². The van der Waals surface area contributed by atoms with Crippen LogP contribution in [0.15, 0.2) is 164 Å². The molecule has 0 bridgehead atoms. The summed E-state index contributed by atoms with van der Waals surface area (Å²) in [4.78, 5) is 15.1. The van der Waals surface area contributed by atoms with Crippen LogP contribution in [-0.2, 0) is 0 Å². The van der Waals surface area contributed by atoms with E-state index in [0.29, 0.717) is 17.2 Å². The van der Waals surface area contributed by atoms with Gasteiger partial charge in [-0.05, 0) is 55.0 Å². The lowest BCUT2D eigenvalue weighted by atomic mass is 10.00. The Kier molecular flexibility index (Phi) is 6.90. The molecule has 0 spiro atoms. The summed E-state index contributed by atoms with van der Waals surface area (Å²) in [5.74, 6) is 1.97. The lowest BCUT2D eigenvalue weighted by Crippen LogP contribution is -2.08. The molecule has 1 aliphatic rings. The van der Waals surface area contributed by atoms with Gasteiger partial charge in [-0.1, -0.05) is 115 Å². The monoisotopic (exact) mass is 666 g/mol. The first-order chi connectivity index (χ1) is 25.8. The maximum absolute atomic E-state index is 10.6. The molecule has 6 heteroatoms. The Labute approximate surface area is 299 Å². The Bertz CT molecular complexity index is 2940. The highest BCUT2D eigenvalue weighted by Gasteiger charge is 2.23. The minimum Gasteiger partial charge on any atom is -0.309 e. The minimum absolute atomic E-state index is 0.0413. The number of para-hydroxylation sites is 3. The molecule has 1 atom stereocenters. The fourth-order valence-corrected chi connectivity index (χ4v) is 7.74. The summed E-state index contributed by atoms with van der Waals surface area (Å²) in [7, 11) is 0. The summed E-state index contributed by atoms with van der Waals surface area (Å²) in [6.07, 6.45) is 9.23. The molecule has 52 heavy (non-hydrogen) atoms. The van der Waals surface area contributed by atoms with E-state index in [0.717, 1.165) is 78.4 Å². The molecule has 1 aliphatic carbocycles. The molecule has 0 fully saturated rings. The lowest BCUT2D eigenvalue weighted by molar-refractivity contribution is 0.764. The van der Waals surface area contributed by atoms with Crippen molar-refractivity contribution in [1.29, 1.82) is 5.26 Å². The predicted molar refractivity (Wildman–Crippen MR) is 210 cm³/mol. The number of allylic oxidation sites excluding steroid dienone is 4. The Balaban J connectivity index is 1.28. The molecule has 0 saturated carbocycles. The third-order valence-electron chi connectivity index (χ3n) is 10.1. The molecular formula is C46H30N6. The highest BCUT2D eigenvalue weighted by Crippen LogP contribution is 2.42. The third-order valence-corrected chi connectivity index (χ3v) is 10.1. The van der Waals surface area contributed by atoms with Gasteiger partial charge >= 0.3 is 0 Å². The maximum Gasteiger partial charge on any atom is 0.163 e. The minimum atomic E-state index is 0.0413. The molecular weight excluding hydrogens is 637 g/mol. The van der Waals surface area contributed by atoms with Crippen molar-refractivity contribution in [2.45, 2.75) is 12.3 Å². The second-order valence-electron chi connectivity index (χ2n) is 13.1. The SMILES string of the molecule is N#Cc1ccc(-c2nc(-c3ccccc3)nc(C3C=CC=CC3)n2)cc1-n1c2ccccc2c2ccc3c(c4ccccc4n3-c3ccccc3)c21. The molecule has 0 aliphatic heterocycles. The van der Waals surface area contributed by atoms with Crippen molar-refractivity contribution in [3.05, 3.63) is 175 Å². The highest BCUT2D eigenvalue weighted by atomic mass is 15.0. The van der Waals surface area contributed by atoms with E-state index in [2.05, 4.69) is 131 Å². The number of nitriles is 1. The summed E-state index contributed by atoms with van der Waals surface area (Å²) >= 11 is 0. The van der Waals surface area contributed by atoms with Gasteiger partial charge in [-0.2, -0.15) is 5.26 Å². The molecule has 1 unspecified atom stereocenters. The summed E-state index contributed by atoms with van der Waals surface area (Å²) < 4.78 is 4.60. The van der Waals surface area contributed by atoms with E-state index >= 15 is 0 Å². The van der Waals surface area contributed by atoms with Crippen molar-refractivity contribution in [2.24, 2.45) is 0 Å². The zero-order valence-corrected chi connectivity index (χ0v) is 28.1. The average molecular weight is 667 g/mol. The van der Waals surface area contributed by atoms with Gasteiger partial charge in [0.05, 0.1) is 33.3 Å². The van der Waals surface area contributed by atoms with Crippen molar-refractivity contribution in [1.82, 2.24) is 24.1 Å². The highest BCUT2D eigenvalue weighted by molar-refractivity contribution is 6.26. The van der Waals surface area contributed by atoms with Gasteiger partial charge in [-0.25, -0.2) is 15.0 Å². The molecule has 9 aromatic rings. The fraction of sp³-hybridized carbons (Fsp3) is 0.0435. The van der Waals surface area contributed by atoms with Gasteiger partial charge in [0.15, 0.2) is 11.6 Å². The van der Waals surface area contributed by atoms with Gasteiger partial charge in [-0.15, -0.1) is 0 Å². The van der Waals surface area contributed by atoms with E-state index < -0.39 is 0 Å². The first-order valence-corrected chi connectivity index (χ1v) is 17.5. The van der Waals surface area contributed by atoms with Gasteiger partial charge in [0.2, 0.25) is 0 Å². The van der Waals surface area contributed by atoms with E-state index in [1.807, 2.05) is 48.5 Å². The van der Waals surface area contributed by atoms with Gasteiger partial charge in [0.25, 0.3) is 0 Å². The average Bonchev–Trinajstić information content (AvgIpc) is 3.74. The zero-order valence-electron chi connectivity index (χ0n) is 28.1. The second-order valence-corrected chi connectivity index (χ2v) is 13.1. The van der Waals surface area contributed by atoms with Crippen LogP contribution in [0.4, 0.5) is 0 Å². The second kappa shape index (κ2) is 12.0. The van der Waals surface area contributed by atoms with Gasteiger partial charge < -0.3 is 9.13 Å². The molecule has 3 aromatic heterocycles. The fourth-order valence-electron chi connectivity index (χ4n) is 7.74. The lowest BCUT2D eigenvalue weighted by Gasteiger charge is -2.16. The van der Waals surface area contributed by atoms with E-state index in [9.17, 15) is 5.26 Å².